The van der Waals surface area contributed by atoms with Crippen molar-refractivity contribution in [3.8, 4) is 5.75 Å². The van der Waals surface area contributed by atoms with E-state index in [2.05, 4.69) is 9.97 Å². The molecule has 2 saturated heterocycles. The Morgan fingerprint density at radius 3 is 2.67 bits per heavy atom. The van der Waals surface area contributed by atoms with Crippen LogP contribution in [0.1, 0.15) is 11.3 Å². The van der Waals surface area contributed by atoms with Crippen molar-refractivity contribution in [3.05, 3.63) is 60.0 Å². The second kappa shape index (κ2) is 8.08. The lowest BCUT2D eigenvalue weighted by Crippen LogP contribution is -2.33. The number of nitrogens with zero attached hydrogens (tertiary/aromatic N) is 2. The van der Waals surface area contributed by atoms with Gasteiger partial charge in [-0.25, -0.2) is 0 Å². The Labute approximate surface area is 174 Å². The van der Waals surface area contributed by atoms with Gasteiger partial charge in [0, 0.05) is 35.9 Å². The van der Waals surface area contributed by atoms with Gasteiger partial charge in [0.15, 0.2) is 0 Å². The van der Waals surface area contributed by atoms with Gasteiger partial charge in [0.2, 0.25) is 5.91 Å². The van der Waals surface area contributed by atoms with Crippen LogP contribution in [0.15, 0.2) is 48.8 Å². The molecule has 7 heteroatoms. The van der Waals surface area contributed by atoms with E-state index in [-0.39, 0.29) is 24.2 Å². The molecule has 4 heterocycles. The first-order valence-corrected chi connectivity index (χ1v) is 10.3. The largest absolute Gasteiger partial charge is 0.484 e. The lowest BCUT2D eigenvalue weighted by molar-refractivity contribution is -0.130. The standard InChI is InChI=1S/C23H25N3O4/c1-15-6-7-17(10-24-15)30-18-13-28-21-11-26(12-22(21)29-14-18)23(27)8-16-9-25-20-5-3-2-4-19(16)20/h2-7,9-10,18,21-22,25H,8,11-14H2,1H3/t21-,22-/m0/s1. The SMILES string of the molecule is Cc1ccc(OC2CO[C@H]3CN(C(=O)Cc4c[nH]c5ccccc45)C[C@@H]3OC2)cn1. The van der Waals surface area contributed by atoms with Gasteiger partial charge in [0.1, 0.15) is 24.1 Å². The minimum absolute atomic E-state index is 0.0959. The van der Waals surface area contributed by atoms with Gasteiger partial charge in [-0.1, -0.05) is 18.2 Å². The Balaban J connectivity index is 1.17. The summed E-state index contributed by atoms with van der Waals surface area (Å²) in [6.07, 6.45) is 3.58. The van der Waals surface area contributed by atoms with E-state index in [4.69, 9.17) is 14.2 Å². The van der Waals surface area contributed by atoms with Gasteiger partial charge in [-0.05, 0) is 30.7 Å². The number of likely N-dealkylation sites (tertiary alicyclic amines) is 1. The first-order chi connectivity index (χ1) is 14.7. The third-order valence-corrected chi connectivity index (χ3v) is 5.76. The second-order valence-corrected chi connectivity index (χ2v) is 7.95. The van der Waals surface area contributed by atoms with Crippen LogP contribution in [0.3, 0.4) is 0 Å². The summed E-state index contributed by atoms with van der Waals surface area (Å²) < 4.78 is 18.0. The predicted octanol–water partition coefficient (Wildman–Crippen LogP) is 2.49. The van der Waals surface area contributed by atoms with Gasteiger partial charge < -0.3 is 24.1 Å². The summed E-state index contributed by atoms with van der Waals surface area (Å²) in [5.41, 5.74) is 3.01. The fraction of sp³-hybridized carbons (Fsp3) is 0.391. The number of aromatic nitrogens is 2. The maximum atomic E-state index is 12.9. The zero-order valence-electron chi connectivity index (χ0n) is 16.9. The third-order valence-electron chi connectivity index (χ3n) is 5.76. The molecule has 0 saturated carbocycles. The summed E-state index contributed by atoms with van der Waals surface area (Å²) in [6.45, 7) is 3.89. The average molecular weight is 407 g/mol. The van der Waals surface area contributed by atoms with Crippen LogP contribution >= 0.6 is 0 Å². The molecule has 0 aliphatic carbocycles. The van der Waals surface area contributed by atoms with E-state index >= 15 is 0 Å². The molecule has 0 bridgehead atoms. The maximum absolute atomic E-state index is 12.9. The molecule has 2 aliphatic rings. The number of amides is 1. The molecule has 3 aromatic rings. The van der Waals surface area contributed by atoms with Gasteiger partial charge in [-0.15, -0.1) is 0 Å². The number of hydrogen-bond donors (Lipinski definition) is 1. The molecule has 0 radical (unpaired) electrons. The summed E-state index contributed by atoms with van der Waals surface area (Å²) in [4.78, 5) is 22.2. The van der Waals surface area contributed by atoms with Crippen molar-refractivity contribution in [2.45, 2.75) is 31.7 Å². The number of hydrogen-bond acceptors (Lipinski definition) is 5. The number of aromatic amines is 1. The normalized spacial score (nSPS) is 22.1. The number of ether oxygens (including phenoxy) is 3. The highest BCUT2D eigenvalue weighted by Crippen LogP contribution is 2.24. The summed E-state index contributed by atoms with van der Waals surface area (Å²) in [5.74, 6) is 0.805. The van der Waals surface area contributed by atoms with Crippen molar-refractivity contribution >= 4 is 16.8 Å². The van der Waals surface area contributed by atoms with E-state index < -0.39 is 0 Å². The van der Waals surface area contributed by atoms with Crippen LogP contribution in [0.2, 0.25) is 0 Å². The van der Waals surface area contributed by atoms with Crippen LogP contribution in [0.4, 0.5) is 0 Å². The number of rotatable bonds is 4. The summed E-state index contributed by atoms with van der Waals surface area (Å²) >= 11 is 0. The molecule has 2 aliphatic heterocycles. The lowest BCUT2D eigenvalue weighted by Gasteiger charge is -2.19. The van der Waals surface area contributed by atoms with Crippen molar-refractivity contribution in [1.82, 2.24) is 14.9 Å². The smallest absolute Gasteiger partial charge is 0.227 e. The zero-order chi connectivity index (χ0) is 20.5. The molecule has 30 heavy (non-hydrogen) atoms. The summed E-state index contributed by atoms with van der Waals surface area (Å²) in [6, 6.07) is 11.9. The van der Waals surface area contributed by atoms with Crippen LogP contribution in [-0.4, -0.2) is 65.4 Å². The van der Waals surface area contributed by atoms with Gasteiger partial charge in [-0.3, -0.25) is 9.78 Å². The Bertz CT molecular complexity index is 1020. The molecule has 156 valence electrons. The van der Waals surface area contributed by atoms with Crippen LogP contribution in [-0.2, 0) is 20.7 Å². The van der Waals surface area contributed by atoms with E-state index in [0.717, 1.165) is 22.2 Å². The molecule has 2 atom stereocenters. The number of para-hydroxylation sites is 1. The van der Waals surface area contributed by atoms with Crippen LogP contribution in [0.25, 0.3) is 10.9 Å². The fourth-order valence-electron chi connectivity index (χ4n) is 4.11. The second-order valence-electron chi connectivity index (χ2n) is 7.95. The molecule has 0 unspecified atom stereocenters. The van der Waals surface area contributed by atoms with Crippen molar-refractivity contribution in [2.75, 3.05) is 26.3 Å². The number of pyridine rings is 1. The average Bonchev–Trinajstić information content (AvgIpc) is 3.31. The van der Waals surface area contributed by atoms with Crippen LogP contribution in [0.5, 0.6) is 5.75 Å². The molecule has 1 aromatic carbocycles. The van der Waals surface area contributed by atoms with Gasteiger partial charge >= 0.3 is 0 Å². The van der Waals surface area contributed by atoms with E-state index in [0.29, 0.717) is 38.5 Å². The fourth-order valence-corrected chi connectivity index (χ4v) is 4.11. The summed E-state index contributed by atoms with van der Waals surface area (Å²) in [7, 11) is 0. The van der Waals surface area contributed by atoms with Crippen molar-refractivity contribution in [2.24, 2.45) is 0 Å². The monoisotopic (exact) mass is 407 g/mol. The molecule has 2 aromatic heterocycles. The highest BCUT2D eigenvalue weighted by Gasteiger charge is 2.39. The highest BCUT2D eigenvalue weighted by atomic mass is 16.6. The number of carbonyl (C=O) groups is 1. The number of H-pyrrole nitrogens is 1. The lowest BCUT2D eigenvalue weighted by atomic mass is 10.1. The Kier molecular flexibility index (Phi) is 5.14. The highest BCUT2D eigenvalue weighted by molar-refractivity contribution is 5.89. The molecular weight excluding hydrogens is 382 g/mol. The molecule has 0 spiro atoms. The molecule has 1 N–H and O–H groups in total. The Morgan fingerprint density at radius 2 is 1.93 bits per heavy atom. The maximum Gasteiger partial charge on any atom is 0.227 e. The Morgan fingerprint density at radius 1 is 1.17 bits per heavy atom. The quantitative estimate of drug-likeness (QED) is 0.719. The van der Waals surface area contributed by atoms with Gasteiger partial charge in [0.25, 0.3) is 0 Å². The van der Waals surface area contributed by atoms with Gasteiger partial charge in [-0.2, -0.15) is 0 Å². The number of carbonyl (C=O) groups excluding carboxylic acids is 1. The third kappa shape index (κ3) is 3.91. The van der Waals surface area contributed by atoms with E-state index in [9.17, 15) is 4.79 Å². The van der Waals surface area contributed by atoms with E-state index in [1.807, 2.05) is 54.4 Å². The van der Waals surface area contributed by atoms with E-state index in [1.165, 1.54) is 0 Å². The minimum Gasteiger partial charge on any atom is -0.484 e. The van der Waals surface area contributed by atoms with Crippen molar-refractivity contribution in [3.63, 3.8) is 0 Å². The predicted molar refractivity (Wildman–Crippen MR) is 111 cm³/mol. The zero-order valence-corrected chi connectivity index (χ0v) is 16.9. The topological polar surface area (TPSA) is 76.7 Å². The Hall–Kier alpha value is -2.90. The molecule has 1 amide bonds. The van der Waals surface area contributed by atoms with Gasteiger partial charge in [0.05, 0.1) is 25.8 Å². The number of benzene rings is 1. The number of fused-ring (bicyclic) bond motifs is 2. The van der Waals surface area contributed by atoms with Crippen LogP contribution < -0.4 is 4.74 Å². The van der Waals surface area contributed by atoms with E-state index in [1.54, 1.807) is 6.20 Å². The molecule has 5 rings (SSSR count). The molecular formula is C23H25N3O4. The van der Waals surface area contributed by atoms with Crippen molar-refractivity contribution in [1.29, 1.82) is 0 Å². The number of aryl methyl sites for hydroxylation is 1. The van der Waals surface area contributed by atoms with Crippen LogP contribution in [0, 0.1) is 6.92 Å². The molecule has 7 nitrogen and oxygen atoms in total. The minimum atomic E-state index is -0.185. The number of nitrogens with one attached hydrogen (secondary N) is 1. The first-order valence-electron chi connectivity index (χ1n) is 10.3. The first kappa shape index (κ1) is 19.1. The van der Waals surface area contributed by atoms with Crippen molar-refractivity contribution < 1.29 is 19.0 Å². The molecule has 2 fully saturated rings. The summed E-state index contributed by atoms with van der Waals surface area (Å²) in [5, 5.41) is 1.09.